The van der Waals surface area contributed by atoms with Crippen LogP contribution in [-0.4, -0.2) is 55.9 Å². The van der Waals surface area contributed by atoms with Crippen LogP contribution >= 0.6 is 0 Å². The molecule has 0 aromatic heterocycles. The summed E-state index contributed by atoms with van der Waals surface area (Å²) in [5.74, 6) is 0.420. The molecule has 0 aromatic rings. The minimum Gasteiger partial charge on any atom is -0.306 e. The molecule has 0 aliphatic carbocycles. The van der Waals surface area contributed by atoms with Gasteiger partial charge in [-0.05, 0) is 40.0 Å². The molecule has 0 atom stereocenters. The van der Waals surface area contributed by atoms with Crippen molar-refractivity contribution in [1.29, 1.82) is 0 Å². The first-order valence-electron chi connectivity index (χ1n) is 7.07. The van der Waals surface area contributed by atoms with Crippen LogP contribution in [0.15, 0.2) is 0 Å². The van der Waals surface area contributed by atoms with Crippen molar-refractivity contribution in [1.82, 2.24) is 9.80 Å². The van der Waals surface area contributed by atoms with E-state index < -0.39 is 0 Å². The number of carbonyl (C=O) groups is 1. The molecule has 3 heteroatoms. The normalized spacial score (nSPS) is 22.0. The maximum Gasteiger partial charge on any atom is 0.135 e. The summed E-state index contributed by atoms with van der Waals surface area (Å²) in [6.45, 7) is 8.55. The van der Waals surface area contributed by atoms with Crippen molar-refractivity contribution in [3.63, 3.8) is 0 Å². The van der Waals surface area contributed by atoms with E-state index in [2.05, 4.69) is 16.8 Å². The largest absolute Gasteiger partial charge is 0.306 e. The standard InChI is InChI=1S/C6H11NO.C6H13N.C2H6/c1-7-4-2-6(8)3-5-7;1-7-5-3-2-4-6-7;1-2/h2-5H2,1H3;2-6H2,1H3;1-2H3. The predicted molar refractivity (Wildman–Crippen MR) is 74.4 cm³/mol. The van der Waals surface area contributed by atoms with Crippen molar-refractivity contribution in [3.8, 4) is 0 Å². The van der Waals surface area contributed by atoms with Gasteiger partial charge in [-0.1, -0.05) is 20.3 Å². The zero-order chi connectivity index (χ0) is 13.1. The third kappa shape index (κ3) is 9.31. The molecule has 102 valence electrons. The highest BCUT2D eigenvalue weighted by molar-refractivity contribution is 5.79. The SMILES string of the molecule is CC.CN1CCC(=O)CC1.CN1CCCCC1. The predicted octanol–water partition coefficient (Wildman–Crippen LogP) is 2.41. The van der Waals surface area contributed by atoms with Gasteiger partial charge in [0, 0.05) is 25.9 Å². The fourth-order valence-corrected chi connectivity index (χ4v) is 1.92. The highest BCUT2D eigenvalue weighted by Crippen LogP contribution is 2.04. The molecule has 2 rings (SSSR count). The van der Waals surface area contributed by atoms with E-state index in [4.69, 9.17) is 0 Å². The highest BCUT2D eigenvalue weighted by Gasteiger charge is 2.10. The Hall–Kier alpha value is -0.410. The molecule has 2 fully saturated rings. The monoisotopic (exact) mass is 242 g/mol. The molecule has 0 aromatic carbocycles. The Morgan fingerprint density at radius 3 is 1.47 bits per heavy atom. The fourth-order valence-electron chi connectivity index (χ4n) is 1.92. The lowest BCUT2D eigenvalue weighted by atomic mass is 10.1. The van der Waals surface area contributed by atoms with Crippen LogP contribution in [0.1, 0.15) is 46.0 Å². The van der Waals surface area contributed by atoms with Crippen molar-refractivity contribution < 1.29 is 4.79 Å². The lowest BCUT2D eigenvalue weighted by Gasteiger charge is -2.20. The van der Waals surface area contributed by atoms with Gasteiger partial charge in [-0.2, -0.15) is 0 Å². The van der Waals surface area contributed by atoms with E-state index in [9.17, 15) is 4.79 Å². The summed E-state index contributed by atoms with van der Waals surface area (Å²) in [7, 11) is 4.24. The van der Waals surface area contributed by atoms with Crippen LogP contribution in [-0.2, 0) is 4.79 Å². The molecule has 0 bridgehead atoms. The van der Waals surface area contributed by atoms with Gasteiger partial charge in [-0.25, -0.2) is 0 Å². The number of carbonyl (C=O) groups excluding carboxylic acids is 1. The van der Waals surface area contributed by atoms with Crippen molar-refractivity contribution in [2.75, 3.05) is 40.3 Å². The number of hydrogen-bond donors (Lipinski definition) is 0. The topological polar surface area (TPSA) is 23.6 Å². The third-order valence-electron chi connectivity index (χ3n) is 3.12. The Balaban J connectivity index is 0.000000265. The Labute approximate surface area is 107 Å². The molecule has 0 unspecified atom stereocenters. The zero-order valence-electron chi connectivity index (χ0n) is 12.2. The molecule has 2 aliphatic rings. The van der Waals surface area contributed by atoms with Crippen LogP contribution in [0.3, 0.4) is 0 Å². The van der Waals surface area contributed by atoms with Crippen molar-refractivity contribution >= 4 is 5.78 Å². The molecule has 2 aliphatic heterocycles. The Morgan fingerprint density at radius 1 is 0.765 bits per heavy atom. The van der Waals surface area contributed by atoms with Gasteiger partial charge in [0.15, 0.2) is 0 Å². The first-order chi connectivity index (χ1) is 8.18. The maximum absolute atomic E-state index is 10.6. The van der Waals surface area contributed by atoms with Crippen molar-refractivity contribution in [2.24, 2.45) is 0 Å². The van der Waals surface area contributed by atoms with E-state index >= 15 is 0 Å². The van der Waals surface area contributed by atoms with E-state index in [1.54, 1.807) is 0 Å². The Kier molecular flexibility index (Phi) is 10.5. The maximum atomic E-state index is 10.6. The smallest absolute Gasteiger partial charge is 0.135 e. The molecule has 3 nitrogen and oxygen atoms in total. The molecule has 2 saturated heterocycles. The van der Waals surface area contributed by atoms with E-state index in [-0.39, 0.29) is 0 Å². The van der Waals surface area contributed by atoms with Gasteiger partial charge in [-0.3, -0.25) is 4.79 Å². The number of piperidine rings is 2. The van der Waals surface area contributed by atoms with Gasteiger partial charge in [0.05, 0.1) is 0 Å². The zero-order valence-corrected chi connectivity index (χ0v) is 12.2. The molecule has 2 heterocycles. The minimum absolute atomic E-state index is 0.420. The molecule has 0 radical (unpaired) electrons. The van der Waals surface area contributed by atoms with Crippen LogP contribution in [0.25, 0.3) is 0 Å². The lowest BCUT2D eigenvalue weighted by Crippen LogP contribution is -2.29. The van der Waals surface area contributed by atoms with Gasteiger partial charge in [0.1, 0.15) is 5.78 Å². The summed E-state index contributed by atoms with van der Waals surface area (Å²) >= 11 is 0. The van der Waals surface area contributed by atoms with Crippen molar-refractivity contribution in [3.05, 3.63) is 0 Å². The average Bonchev–Trinajstić information content (AvgIpc) is 2.37. The van der Waals surface area contributed by atoms with E-state index in [1.807, 2.05) is 20.9 Å². The number of ketones is 1. The van der Waals surface area contributed by atoms with E-state index in [0.717, 1.165) is 25.9 Å². The number of likely N-dealkylation sites (tertiary alicyclic amines) is 2. The molecule has 0 N–H and O–H groups in total. The summed E-state index contributed by atoms with van der Waals surface area (Å²) in [5.41, 5.74) is 0. The number of Topliss-reactive ketones (excluding diaryl/α,β-unsaturated/α-hetero) is 1. The summed E-state index contributed by atoms with van der Waals surface area (Å²) in [4.78, 5) is 15.2. The van der Waals surface area contributed by atoms with Crippen LogP contribution in [0.5, 0.6) is 0 Å². The summed E-state index contributed by atoms with van der Waals surface area (Å²) in [6, 6.07) is 0. The fraction of sp³-hybridized carbons (Fsp3) is 0.929. The summed E-state index contributed by atoms with van der Waals surface area (Å²) in [5, 5.41) is 0. The quantitative estimate of drug-likeness (QED) is 0.652. The molecule has 17 heavy (non-hydrogen) atoms. The van der Waals surface area contributed by atoms with Crippen LogP contribution in [0, 0.1) is 0 Å². The first-order valence-corrected chi connectivity index (χ1v) is 7.07. The number of nitrogens with zero attached hydrogens (tertiary/aromatic N) is 2. The third-order valence-corrected chi connectivity index (χ3v) is 3.12. The molecular formula is C14H30N2O. The van der Waals surface area contributed by atoms with Crippen LogP contribution in [0.2, 0.25) is 0 Å². The average molecular weight is 242 g/mol. The highest BCUT2D eigenvalue weighted by atomic mass is 16.1. The van der Waals surface area contributed by atoms with E-state index in [0.29, 0.717) is 5.78 Å². The van der Waals surface area contributed by atoms with Gasteiger partial charge >= 0.3 is 0 Å². The molecule has 0 spiro atoms. The van der Waals surface area contributed by atoms with Gasteiger partial charge < -0.3 is 9.80 Å². The summed E-state index contributed by atoms with van der Waals surface area (Å²) < 4.78 is 0. The van der Waals surface area contributed by atoms with Gasteiger partial charge in [0.2, 0.25) is 0 Å². The minimum atomic E-state index is 0.420. The summed E-state index contributed by atoms with van der Waals surface area (Å²) in [6.07, 6.45) is 5.80. The number of rotatable bonds is 0. The Morgan fingerprint density at radius 2 is 1.18 bits per heavy atom. The first kappa shape index (κ1) is 16.6. The second-order valence-corrected chi connectivity index (χ2v) is 4.71. The van der Waals surface area contributed by atoms with Crippen LogP contribution in [0.4, 0.5) is 0 Å². The number of hydrogen-bond acceptors (Lipinski definition) is 3. The molecule has 0 saturated carbocycles. The van der Waals surface area contributed by atoms with Gasteiger partial charge in [-0.15, -0.1) is 0 Å². The van der Waals surface area contributed by atoms with Gasteiger partial charge in [0.25, 0.3) is 0 Å². The van der Waals surface area contributed by atoms with E-state index in [1.165, 1.54) is 32.4 Å². The lowest BCUT2D eigenvalue weighted by molar-refractivity contribution is -0.121. The van der Waals surface area contributed by atoms with Crippen molar-refractivity contribution in [2.45, 2.75) is 46.0 Å². The molecular weight excluding hydrogens is 212 g/mol. The molecule has 0 amide bonds. The van der Waals surface area contributed by atoms with Crippen LogP contribution < -0.4 is 0 Å². The second-order valence-electron chi connectivity index (χ2n) is 4.71. The Bertz CT molecular complexity index is 179. The second kappa shape index (κ2) is 10.7.